The van der Waals surface area contributed by atoms with Gasteiger partial charge in [-0.05, 0) is 71.8 Å². The Kier molecular flexibility index (Phi) is 6.62. The number of unbranched alkanes of at least 4 members (excludes halogenated alkanes) is 1. The Morgan fingerprint density at radius 3 is 2.12 bits per heavy atom. The fourth-order valence-electron chi connectivity index (χ4n) is 4.46. The summed E-state index contributed by atoms with van der Waals surface area (Å²) < 4.78 is 0. The maximum Gasteiger partial charge on any atom is 0.146 e. The quantitative estimate of drug-likeness (QED) is 0.605. The van der Waals surface area contributed by atoms with Crippen molar-refractivity contribution in [2.45, 2.75) is 78.8 Å². The minimum Gasteiger partial charge on any atom is -0.266 e. The van der Waals surface area contributed by atoms with Crippen molar-refractivity contribution in [3.63, 3.8) is 0 Å². The first-order valence-electron chi connectivity index (χ1n) is 9.87. The molecule has 2 aromatic rings. The number of nitrogens with zero attached hydrogens (tertiary/aromatic N) is 1. The summed E-state index contributed by atoms with van der Waals surface area (Å²) in [6, 6.07) is 11.5. The van der Waals surface area contributed by atoms with Crippen LogP contribution >= 0.6 is 0 Å². The molecule has 0 aliphatic heterocycles. The van der Waals surface area contributed by atoms with Crippen LogP contribution in [-0.4, -0.2) is 13.1 Å². The Labute approximate surface area is 155 Å². The predicted octanol–water partition coefficient (Wildman–Crippen LogP) is 5.42. The highest BCUT2D eigenvalue weighted by atomic mass is 28.3. The summed E-state index contributed by atoms with van der Waals surface area (Å²) in [5.41, 5.74) is 5.65. The summed E-state index contributed by atoms with van der Waals surface area (Å²) in [4.78, 5) is 4.91. The van der Waals surface area contributed by atoms with Crippen molar-refractivity contribution in [1.82, 2.24) is 4.98 Å². The van der Waals surface area contributed by atoms with E-state index in [1.807, 2.05) is 12.3 Å². The molecule has 0 aliphatic carbocycles. The van der Waals surface area contributed by atoms with E-state index in [-0.39, 0.29) is 0 Å². The molecule has 0 amide bonds. The second-order valence-electron chi connectivity index (χ2n) is 8.09. The lowest BCUT2D eigenvalue weighted by Gasteiger charge is -2.41. The van der Waals surface area contributed by atoms with Crippen molar-refractivity contribution in [2.24, 2.45) is 0 Å². The highest BCUT2D eigenvalue weighted by molar-refractivity contribution is 7.03. The van der Waals surface area contributed by atoms with E-state index >= 15 is 0 Å². The highest BCUT2D eigenvalue weighted by Gasteiger charge is 2.46. The van der Waals surface area contributed by atoms with E-state index < -0.39 is 8.07 Å². The first kappa shape index (κ1) is 19.9. The molecule has 0 unspecified atom stereocenters. The van der Waals surface area contributed by atoms with Crippen LogP contribution in [-0.2, 0) is 6.42 Å². The fourth-order valence-corrected chi connectivity index (χ4v) is 10.3. The Morgan fingerprint density at radius 1 is 0.960 bits per heavy atom. The average Bonchev–Trinajstić information content (AvgIpc) is 2.57. The van der Waals surface area contributed by atoms with Crippen molar-refractivity contribution in [2.75, 3.05) is 0 Å². The summed E-state index contributed by atoms with van der Waals surface area (Å²) in [6.07, 6.45) is 5.68. The van der Waals surface area contributed by atoms with Crippen molar-refractivity contribution >= 4 is 18.6 Å². The maximum absolute atomic E-state index is 4.91. The van der Waals surface area contributed by atoms with E-state index in [4.69, 9.17) is 4.98 Å². The van der Waals surface area contributed by atoms with Crippen molar-refractivity contribution < 1.29 is 0 Å². The fraction of sp³-hybridized carbons (Fsp3) is 0.522. The van der Waals surface area contributed by atoms with Crippen molar-refractivity contribution in [3.05, 3.63) is 53.2 Å². The molecule has 0 fully saturated rings. The SMILES string of the molecule is CCCCc1cc(C)c(C)cc1[Si](c1ccccn1)(C(C)C)C(C)C. The van der Waals surface area contributed by atoms with Gasteiger partial charge in [0.1, 0.15) is 8.07 Å². The average molecular weight is 354 g/mol. The monoisotopic (exact) mass is 353 g/mol. The summed E-state index contributed by atoms with van der Waals surface area (Å²) in [7, 11) is -1.96. The zero-order valence-electron chi connectivity index (χ0n) is 17.2. The summed E-state index contributed by atoms with van der Waals surface area (Å²) in [6.45, 7) is 16.5. The van der Waals surface area contributed by atoms with Gasteiger partial charge in [-0.3, -0.25) is 4.98 Å². The molecule has 2 rings (SSSR count). The van der Waals surface area contributed by atoms with E-state index in [0.717, 1.165) is 0 Å². The summed E-state index contributed by atoms with van der Waals surface area (Å²) in [5.74, 6) is 0. The molecule has 25 heavy (non-hydrogen) atoms. The standard InChI is InChI=1S/C23H35NSi/c1-8-9-12-21-15-19(6)20(7)16-22(21)25(17(2)3,18(4)5)23-13-10-11-14-24-23/h10-11,13-18H,8-9,12H2,1-7H3. The van der Waals surface area contributed by atoms with Crippen molar-refractivity contribution in [1.29, 1.82) is 0 Å². The molecule has 1 heterocycles. The van der Waals surface area contributed by atoms with Crippen LogP contribution in [0.25, 0.3) is 0 Å². The topological polar surface area (TPSA) is 12.9 Å². The van der Waals surface area contributed by atoms with Gasteiger partial charge in [0.15, 0.2) is 0 Å². The van der Waals surface area contributed by atoms with E-state index in [0.29, 0.717) is 11.1 Å². The van der Waals surface area contributed by atoms with Gasteiger partial charge in [0.2, 0.25) is 0 Å². The van der Waals surface area contributed by atoms with E-state index in [9.17, 15) is 0 Å². The molecule has 0 saturated heterocycles. The first-order chi connectivity index (χ1) is 11.9. The van der Waals surface area contributed by atoms with Gasteiger partial charge in [0.25, 0.3) is 0 Å². The minimum atomic E-state index is -1.96. The Balaban J connectivity index is 2.80. The zero-order valence-corrected chi connectivity index (χ0v) is 18.2. The Bertz CT molecular complexity index is 681. The van der Waals surface area contributed by atoms with Crippen LogP contribution in [0.5, 0.6) is 0 Å². The van der Waals surface area contributed by atoms with Gasteiger partial charge in [-0.1, -0.05) is 59.2 Å². The van der Waals surface area contributed by atoms with Crippen LogP contribution in [0.3, 0.4) is 0 Å². The molecule has 0 aliphatic rings. The van der Waals surface area contributed by atoms with Crippen LogP contribution in [0.2, 0.25) is 11.1 Å². The van der Waals surface area contributed by atoms with E-state index in [1.165, 1.54) is 35.7 Å². The Morgan fingerprint density at radius 2 is 1.60 bits per heavy atom. The number of aromatic nitrogens is 1. The smallest absolute Gasteiger partial charge is 0.146 e. The van der Waals surface area contributed by atoms with E-state index in [2.05, 4.69) is 72.7 Å². The van der Waals surface area contributed by atoms with Crippen LogP contribution in [0.1, 0.15) is 64.2 Å². The van der Waals surface area contributed by atoms with Gasteiger partial charge in [-0.15, -0.1) is 0 Å². The second-order valence-corrected chi connectivity index (χ2v) is 13.2. The number of hydrogen-bond donors (Lipinski definition) is 0. The molecule has 1 nitrogen and oxygen atoms in total. The number of hydrogen-bond acceptors (Lipinski definition) is 1. The van der Waals surface area contributed by atoms with Gasteiger partial charge in [-0.25, -0.2) is 0 Å². The second kappa shape index (κ2) is 8.31. The lowest BCUT2D eigenvalue weighted by molar-refractivity contribution is 0.795. The molecule has 0 N–H and O–H groups in total. The molecule has 2 heteroatoms. The number of benzene rings is 1. The molecular weight excluding hydrogens is 318 g/mol. The Hall–Kier alpha value is -1.41. The molecule has 1 aromatic heterocycles. The predicted molar refractivity (Wildman–Crippen MR) is 114 cm³/mol. The van der Waals surface area contributed by atoms with Gasteiger partial charge in [-0.2, -0.15) is 0 Å². The molecular formula is C23H35NSi. The largest absolute Gasteiger partial charge is 0.266 e. The molecule has 136 valence electrons. The molecule has 1 aromatic carbocycles. The number of rotatable bonds is 7. The lowest BCUT2D eigenvalue weighted by atomic mass is 10.0. The van der Waals surface area contributed by atoms with Gasteiger partial charge in [0, 0.05) is 11.5 Å². The van der Waals surface area contributed by atoms with Crippen LogP contribution in [0.15, 0.2) is 36.5 Å². The van der Waals surface area contributed by atoms with Crippen molar-refractivity contribution in [3.8, 4) is 0 Å². The molecule has 0 radical (unpaired) electrons. The third kappa shape index (κ3) is 3.74. The zero-order chi connectivity index (χ0) is 18.6. The third-order valence-corrected chi connectivity index (χ3v) is 12.0. The highest BCUT2D eigenvalue weighted by Crippen LogP contribution is 2.33. The molecule has 0 spiro atoms. The van der Waals surface area contributed by atoms with Crippen LogP contribution < -0.4 is 10.5 Å². The van der Waals surface area contributed by atoms with Gasteiger partial charge < -0.3 is 0 Å². The van der Waals surface area contributed by atoms with Gasteiger partial charge >= 0.3 is 0 Å². The van der Waals surface area contributed by atoms with Crippen LogP contribution in [0.4, 0.5) is 0 Å². The van der Waals surface area contributed by atoms with Crippen LogP contribution in [0, 0.1) is 13.8 Å². The van der Waals surface area contributed by atoms with Gasteiger partial charge in [0.05, 0.1) is 0 Å². The lowest BCUT2D eigenvalue weighted by Crippen LogP contribution is -2.64. The maximum atomic E-state index is 4.91. The minimum absolute atomic E-state index is 0.616. The number of aryl methyl sites for hydroxylation is 3. The molecule has 0 saturated carbocycles. The van der Waals surface area contributed by atoms with E-state index in [1.54, 1.807) is 10.8 Å². The number of pyridine rings is 1. The first-order valence-corrected chi connectivity index (χ1v) is 12.0. The molecule has 0 atom stereocenters. The molecule has 0 bridgehead atoms. The third-order valence-electron chi connectivity index (χ3n) is 5.87. The summed E-state index contributed by atoms with van der Waals surface area (Å²) >= 11 is 0. The summed E-state index contributed by atoms with van der Waals surface area (Å²) in [5, 5.41) is 2.98. The normalized spacial score (nSPS) is 12.2.